The van der Waals surface area contributed by atoms with E-state index in [4.69, 9.17) is 0 Å². The second-order valence-corrected chi connectivity index (χ2v) is 7.38. The molecule has 2 heterocycles. The van der Waals surface area contributed by atoms with E-state index in [2.05, 4.69) is 20.3 Å². The quantitative estimate of drug-likeness (QED) is 0.511. The summed E-state index contributed by atoms with van der Waals surface area (Å²) in [5.74, 6) is -0.0969. The molecule has 1 atom stereocenters. The van der Waals surface area contributed by atoms with Gasteiger partial charge in [-0.1, -0.05) is 23.9 Å². The third kappa shape index (κ3) is 3.96. The van der Waals surface area contributed by atoms with Crippen LogP contribution in [-0.2, 0) is 11.3 Å². The van der Waals surface area contributed by atoms with E-state index in [1.807, 2.05) is 24.5 Å². The number of nitrogens with zero attached hydrogens (tertiary/aromatic N) is 3. The summed E-state index contributed by atoms with van der Waals surface area (Å²) in [5.41, 5.74) is 2.51. The first-order valence-corrected chi connectivity index (χ1v) is 9.25. The predicted molar refractivity (Wildman–Crippen MR) is 102 cm³/mol. The highest BCUT2D eigenvalue weighted by atomic mass is 32.2. The molecule has 0 saturated carbocycles. The zero-order valence-electron chi connectivity index (χ0n) is 14.9. The number of aryl methyl sites for hydroxylation is 1. The van der Waals surface area contributed by atoms with Crippen molar-refractivity contribution in [2.75, 3.05) is 6.54 Å². The lowest BCUT2D eigenvalue weighted by Gasteiger charge is -2.12. The van der Waals surface area contributed by atoms with E-state index < -0.39 is 0 Å². The van der Waals surface area contributed by atoms with Gasteiger partial charge in [-0.15, -0.1) is 0 Å². The predicted octanol–water partition coefficient (Wildman–Crippen LogP) is 2.03. The molecular formula is C18H21N5O2S. The number of carbonyl (C=O) groups is 1. The van der Waals surface area contributed by atoms with Gasteiger partial charge in [0.15, 0.2) is 5.16 Å². The minimum atomic E-state index is -0.370. The SMILES string of the molecule is Cc1ncn(CCNC(=O)[C@@H](C)Sc2nc3ccccc3c(=O)[nH]2)c1C. The normalized spacial score (nSPS) is 12.3. The van der Waals surface area contributed by atoms with Crippen LogP contribution in [0, 0.1) is 13.8 Å². The fraction of sp³-hybridized carbons (Fsp3) is 0.333. The van der Waals surface area contributed by atoms with Gasteiger partial charge in [0, 0.05) is 18.8 Å². The first kappa shape index (κ1) is 18.2. The smallest absolute Gasteiger partial charge is 0.259 e. The van der Waals surface area contributed by atoms with E-state index in [0.717, 1.165) is 11.4 Å². The van der Waals surface area contributed by atoms with Crippen molar-refractivity contribution in [1.29, 1.82) is 0 Å². The molecular weight excluding hydrogens is 350 g/mol. The van der Waals surface area contributed by atoms with E-state index in [-0.39, 0.29) is 16.7 Å². The van der Waals surface area contributed by atoms with Crippen LogP contribution < -0.4 is 10.9 Å². The van der Waals surface area contributed by atoms with Gasteiger partial charge in [-0.2, -0.15) is 0 Å². The summed E-state index contributed by atoms with van der Waals surface area (Å²) in [6, 6.07) is 7.14. The van der Waals surface area contributed by atoms with Crippen LogP contribution in [0.5, 0.6) is 0 Å². The highest BCUT2D eigenvalue weighted by Gasteiger charge is 2.16. The van der Waals surface area contributed by atoms with Crippen molar-refractivity contribution >= 4 is 28.6 Å². The average molecular weight is 371 g/mol. The van der Waals surface area contributed by atoms with Gasteiger partial charge >= 0.3 is 0 Å². The molecule has 26 heavy (non-hydrogen) atoms. The molecule has 2 N–H and O–H groups in total. The molecule has 2 aromatic heterocycles. The van der Waals surface area contributed by atoms with Crippen LogP contribution in [0.25, 0.3) is 10.9 Å². The van der Waals surface area contributed by atoms with Crippen LogP contribution in [0.4, 0.5) is 0 Å². The molecule has 0 bridgehead atoms. The Labute approximate surface area is 155 Å². The summed E-state index contributed by atoms with van der Waals surface area (Å²) >= 11 is 1.24. The molecule has 0 saturated heterocycles. The number of imidazole rings is 1. The Morgan fingerprint density at radius 1 is 1.35 bits per heavy atom. The second-order valence-electron chi connectivity index (χ2n) is 6.05. The number of thioether (sulfide) groups is 1. The molecule has 0 fully saturated rings. The molecule has 0 aliphatic rings. The fourth-order valence-corrected chi connectivity index (χ4v) is 3.38. The van der Waals surface area contributed by atoms with Crippen LogP contribution >= 0.6 is 11.8 Å². The number of hydrogen-bond acceptors (Lipinski definition) is 5. The van der Waals surface area contributed by atoms with E-state index in [9.17, 15) is 9.59 Å². The lowest BCUT2D eigenvalue weighted by Crippen LogP contribution is -2.33. The van der Waals surface area contributed by atoms with Gasteiger partial charge in [0.1, 0.15) is 0 Å². The fourth-order valence-electron chi connectivity index (χ4n) is 2.55. The van der Waals surface area contributed by atoms with Crippen molar-refractivity contribution in [2.45, 2.75) is 37.7 Å². The lowest BCUT2D eigenvalue weighted by molar-refractivity contribution is -0.120. The molecule has 3 rings (SSSR count). The zero-order valence-corrected chi connectivity index (χ0v) is 15.8. The Hall–Kier alpha value is -2.61. The molecule has 1 aromatic carbocycles. The maximum absolute atomic E-state index is 12.3. The summed E-state index contributed by atoms with van der Waals surface area (Å²) < 4.78 is 2.01. The van der Waals surface area contributed by atoms with Crippen molar-refractivity contribution in [3.8, 4) is 0 Å². The van der Waals surface area contributed by atoms with Crippen LogP contribution in [0.15, 0.2) is 40.5 Å². The number of para-hydroxylation sites is 1. The topological polar surface area (TPSA) is 92.7 Å². The maximum Gasteiger partial charge on any atom is 0.259 e. The van der Waals surface area contributed by atoms with Crippen molar-refractivity contribution in [3.05, 3.63) is 52.3 Å². The highest BCUT2D eigenvalue weighted by Crippen LogP contribution is 2.20. The number of fused-ring (bicyclic) bond motifs is 1. The van der Waals surface area contributed by atoms with Crippen LogP contribution in [0.1, 0.15) is 18.3 Å². The molecule has 7 nitrogen and oxygen atoms in total. The first-order chi connectivity index (χ1) is 12.5. The Kier molecular flexibility index (Phi) is 5.41. The monoisotopic (exact) mass is 371 g/mol. The van der Waals surface area contributed by atoms with E-state index in [1.54, 1.807) is 31.5 Å². The van der Waals surface area contributed by atoms with E-state index >= 15 is 0 Å². The van der Waals surface area contributed by atoms with Gasteiger partial charge in [-0.05, 0) is 32.9 Å². The summed E-state index contributed by atoms with van der Waals surface area (Å²) in [6.45, 7) is 6.94. The average Bonchev–Trinajstić information content (AvgIpc) is 2.94. The molecule has 0 aliphatic carbocycles. The largest absolute Gasteiger partial charge is 0.353 e. The summed E-state index contributed by atoms with van der Waals surface area (Å²) in [7, 11) is 0. The maximum atomic E-state index is 12.3. The van der Waals surface area contributed by atoms with Gasteiger partial charge in [-0.3, -0.25) is 9.59 Å². The minimum absolute atomic E-state index is 0.0969. The zero-order chi connectivity index (χ0) is 18.7. The van der Waals surface area contributed by atoms with Crippen molar-refractivity contribution < 1.29 is 4.79 Å². The second kappa shape index (κ2) is 7.74. The van der Waals surface area contributed by atoms with E-state index in [1.165, 1.54) is 11.8 Å². The minimum Gasteiger partial charge on any atom is -0.353 e. The van der Waals surface area contributed by atoms with Crippen molar-refractivity contribution in [1.82, 2.24) is 24.8 Å². The van der Waals surface area contributed by atoms with Gasteiger partial charge < -0.3 is 14.9 Å². The molecule has 0 radical (unpaired) electrons. The van der Waals surface area contributed by atoms with Gasteiger partial charge in [-0.25, -0.2) is 9.97 Å². The Morgan fingerprint density at radius 2 is 2.12 bits per heavy atom. The summed E-state index contributed by atoms with van der Waals surface area (Å²) in [5, 5.41) is 3.52. The third-order valence-electron chi connectivity index (χ3n) is 4.25. The standard InChI is InChI=1S/C18H21N5O2S/c1-11-12(2)23(10-20-11)9-8-19-16(24)13(3)26-18-21-15-7-5-4-6-14(15)17(25)22-18/h4-7,10,13H,8-9H2,1-3H3,(H,19,24)(H,21,22,25)/t13-/m1/s1. The molecule has 136 valence electrons. The number of rotatable bonds is 6. The van der Waals surface area contributed by atoms with Gasteiger partial charge in [0.25, 0.3) is 5.56 Å². The lowest BCUT2D eigenvalue weighted by atomic mass is 10.2. The Bertz CT molecular complexity index is 995. The molecule has 3 aromatic rings. The number of amides is 1. The molecule has 1 amide bonds. The number of aromatic amines is 1. The van der Waals surface area contributed by atoms with Crippen molar-refractivity contribution in [3.63, 3.8) is 0 Å². The van der Waals surface area contributed by atoms with Crippen LogP contribution in [0.2, 0.25) is 0 Å². The number of nitrogens with one attached hydrogen (secondary N) is 2. The first-order valence-electron chi connectivity index (χ1n) is 8.37. The van der Waals surface area contributed by atoms with Gasteiger partial charge in [0.2, 0.25) is 5.91 Å². The number of aromatic nitrogens is 4. The Balaban J connectivity index is 1.59. The van der Waals surface area contributed by atoms with Crippen molar-refractivity contribution in [2.24, 2.45) is 0 Å². The molecule has 8 heteroatoms. The number of carbonyl (C=O) groups excluding carboxylic acids is 1. The van der Waals surface area contributed by atoms with Crippen LogP contribution in [0.3, 0.4) is 0 Å². The molecule has 0 aliphatic heterocycles. The molecule has 0 spiro atoms. The van der Waals surface area contributed by atoms with Crippen LogP contribution in [-0.4, -0.2) is 37.2 Å². The number of H-pyrrole nitrogens is 1. The third-order valence-corrected chi connectivity index (χ3v) is 5.23. The summed E-state index contributed by atoms with van der Waals surface area (Å²) in [6.07, 6.45) is 1.78. The van der Waals surface area contributed by atoms with E-state index in [0.29, 0.717) is 29.1 Å². The number of hydrogen-bond donors (Lipinski definition) is 2. The Morgan fingerprint density at radius 3 is 2.85 bits per heavy atom. The molecule has 0 unspecified atom stereocenters. The highest BCUT2D eigenvalue weighted by molar-refractivity contribution is 8.00. The number of benzene rings is 1. The van der Waals surface area contributed by atoms with Gasteiger partial charge in [0.05, 0.1) is 28.2 Å². The summed E-state index contributed by atoms with van der Waals surface area (Å²) in [4.78, 5) is 35.8.